The fourth-order valence-electron chi connectivity index (χ4n) is 3.35. The second-order valence-corrected chi connectivity index (χ2v) is 6.82. The van der Waals surface area contributed by atoms with E-state index in [0.29, 0.717) is 12.6 Å². The molecule has 2 aliphatic rings. The van der Waals surface area contributed by atoms with Crippen molar-refractivity contribution in [2.24, 2.45) is 4.99 Å². The summed E-state index contributed by atoms with van der Waals surface area (Å²) in [6, 6.07) is 8.47. The molecule has 0 saturated carbocycles. The molecular formula is C18H28ClIN4O. The van der Waals surface area contributed by atoms with Crippen molar-refractivity contribution in [3.05, 3.63) is 34.9 Å². The molecule has 7 heteroatoms. The van der Waals surface area contributed by atoms with Gasteiger partial charge in [0.15, 0.2) is 5.96 Å². The first-order valence-corrected chi connectivity index (χ1v) is 9.25. The van der Waals surface area contributed by atoms with E-state index in [1.807, 2.05) is 24.3 Å². The lowest BCUT2D eigenvalue weighted by Gasteiger charge is -2.35. The van der Waals surface area contributed by atoms with Crippen LogP contribution in [0.5, 0.6) is 0 Å². The van der Waals surface area contributed by atoms with Gasteiger partial charge in [0.05, 0.1) is 19.3 Å². The largest absolute Gasteiger partial charge is 0.373 e. The first kappa shape index (κ1) is 20.7. The molecule has 0 aliphatic carbocycles. The Balaban J connectivity index is 0.00000225. The molecule has 0 radical (unpaired) electrons. The maximum atomic E-state index is 6.20. The first-order valence-electron chi connectivity index (χ1n) is 8.87. The highest BCUT2D eigenvalue weighted by Crippen LogP contribution is 2.22. The molecule has 2 N–H and O–H groups in total. The summed E-state index contributed by atoms with van der Waals surface area (Å²) in [7, 11) is 0. The number of benzene rings is 1. The highest BCUT2D eigenvalue weighted by Gasteiger charge is 2.32. The molecule has 3 rings (SSSR count). The van der Waals surface area contributed by atoms with Crippen molar-refractivity contribution in [2.75, 3.05) is 32.8 Å². The molecule has 0 amide bonds. The van der Waals surface area contributed by atoms with Crippen molar-refractivity contribution >= 4 is 41.5 Å². The Kier molecular flexibility index (Phi) is 8.75. The second-order valence-electron chi connectivity index (χ2n) is 6.41. The van der Waals surface area contributed by atoms with Crippen LogP contribution in [0.25, 0.3) is 0 Å². The zero-order chi connectivity index (χ0) is 16.8. The Labute approximate surface area is 172 Å². The minimum Gasteiger partial charge on any atom is -0.373 e. The summed E-state index contributed by atoms with van der Waals surface area (Å²) in [6.45, 7) is 7.32. The number of rotatable bonds is 5. The third-order valence-corrected chi connectivity index (χ3v) is 5.04. The van der Waals surface area contributed by atoms with E-state index in [4.69, 9.17) is 16.3 Å². The van der Waals surface area contributed by atoms with Crippen LogP contribution in [-0.2, 0) is 11.3 Å². The summed E-state index contributed by atoms with van der Waals surface area (Å²) >= 11 is 6.20. The summed E-state index contributed by atoms with van der Waals surface area (Å²) < 4.78 is 5.99. The highest BCUT2D eigenvalue weighted by molar-refractivity contribution is 14.0. The van der Waals surface area contributed by atoms with Crippen LogP contribution in [0.4, 0.5) is 0 Å². The van der Waals surface area contributed by atoms with Crippen LogP contribution in [-0.4, -0.2) is 55.8 Å². The average Bonchev–Trinajstić information content (AvgIpc) is 3.06. The van der Waals surface area contributed by atoms with Crippen molar-refractivity contribution in [2.45, 2.75) is 38.5 Å². The van der Waals surface area contributed by atoms with Crippen LogP contribution < -0.4 is 10.6 Å². The maximum absolute atomic E-state index is 6.20. The maximum Gasteiger partial charge on any atom is 0.191 e. The van der Waals surface area contributed by atoms with Crippen molar-refractivity contribution in [3.8, 4) is 0 Å². The predicted octanol–water partition coefficient (Wildman–Crippen LogP) is 2.88. The van der Waals surface area contributed by atoms with Gasteiger partial charge in [-0.1, -0.05) is 29.8 Å². The van der Waals surface area contributed by atoms with Crippen molar-refractivity contribution in [1.82, 2.24) is 15.5 Å². The Morgan fingerprint density at radius 1 is 1.36 bits per heavy atom. The molecule has 0 aromatic heterocycles. The number of hydrogen-bond acceptors (Lipinski definition) is 3. The van der Waals surface area contributed by atoms with Gasteiger partial charge in [-0.3, -0.25) is 4.90 Å². The number of morpholine rings is 1. The van der Waals surface area contributed by atoms with Gasteiger partial charge < -0.3 is 15.4 Å². The minimum absolute atomic E-state index is 0. The Hall–Kier alpha value is -0.570. The summed E-state index contributed by atoms with van der Waals surface area (Å²) in [6.07, 6.45) is 2.81. The van der Waals surface area contributed by atoms with Crippen LogP contribution in [0.1, 0.15) is 25.3 Å². The molecule has 140 valence electrons. The van der Waals surface area contributed by atoms with Gasteiger partial charge in [0.2, 0.25) is 0 Å². The van der Waals surface area contributed by atoms with E-state index in [-0.39, 0.29) is 30.1 Å². The molecule has 2 aliphatic heterocycles. The molecule has 2 fully saturated rings. The summed E-state index contributed by atoms with van der Waals surface area (Å²) in [5.74, 6) is 0.810. The number of fused-ring (bicyclic) bond motifs is 1. The standard InChI is InChI=1S/C18H27ClN4O.HI/c1-2-20-18(21-10-14-6-3-4-8-17(14)19)22-11-16-12-23-9-5-7-15(23)13-24-16;/h3-4,6,8,15-16H,2,5,7,9-13H2,1H3,(H2,20,21,22);1H. The molecule has 2 saturated heterocycles. The van der Waals surface area contributed by atoms with Gasteiger partial charge >= 0.3 is 0 Å². The molecule has 0 spiro atoms. The fourth-order valence-corrected chi connectivity index (χ4v) is 3.55. The highest BCUT2D eigenvalue weighted by atomic mass is 127. The number of ether oxygens (including phenoxy) is 1. The van der Waals surface area contributed by atoms with E-state index < -0.39 is 0 Å². The second kappa shape index (κ2) is 10.5. The SMILES string of the molecule is CCNC(=NCc1ccccc1Cl)NCC1CN2CCCC2CO1.I. The van der Waals surface area contributed by atoms with Gasteiger partial charge in [0.25, 0.3) is 0 Å². The van der Waals surface area contributed by atoms with Gasteiger partial charge in [0, 0.05) is 30.7 Å². The van der Waals surface area contributed by atoms with E-state index in [2.05, 4.69) is 27.4 Å². The lowest BCUT2D eigenvalue weighted by atomic mass is 10.2. The smallest absolute Gasteiger partial charge is 0.191 e. The number of halogens is 2. The predicted molar refractivity (Wildman–Crippen MR) is 114 cm³/mol. The molecule has 2 heterocycles. The molecule has 1 aromatic carbocycles. The van der Waals surface area contributed by atoms with Crippen LogP contribution in [0.15, 0.2) is 29.3 Å². The van der Waals surface area contributed by atoms with E-state index >= 15 is 0 Å². The first-order chi connectivity index (χ1) is 11.8. The topological polar surface area (TPSA) is 48.9 Å². The van der Waals surface area contributed by atoms with Gasteiger partial charge in [-0.05, 0) is 37.9 Å². The number of aliphatic imine (C=N–C) groups is 1. The minimum atomic E-state index is 0. The van der Waals surface area contributed by atoms with Gasteiger partial charge in [-0.25, -0.2) is 4.99 Å². The van der Waals surface area contributed by atoms with Crippen LogP contribution in [0, 0.1) is 0 Å². The van der Waals surface area contributed by atoms with E-state index in [0.717, 1.165) is 42.8 Å². The molecule has 0 bridgehead atoms. The number of guanidine groups is 1. The normalized spacial score (nSPS) is 23.7. The van der Waals surface area contributed by atoms with E-state index in [9.17, 15) is 0 Å². The van der Waals surface area contributed by atoms with E-state index in [1.165, 1.54) is 19.4 Å². The summed E-state index contributed by atoms with van der Waals surface area (Å²) in [5, 5.41) is 7.45. The van der Waals surface area contributed by atoms with Crippen molar-refractivity contribution in [3.63, 3.8) is 0 Å². The fraction of sp³-hybridized carbons (Fsp3) is 0.611. The van der Waals surface area contributed by atoms with Crippen LogP contribution in [0.3, 0.4) is 0 Å². The number of hydrogen-bond donors (Lipinski definition) is 2. The monoisotopic (exact) mass is 478 g/mol. The van der Waals surface area contributed by atoms with Crippen LogP contribution in [0.2, 0.25) is 5.02 Å². The lowest BCUT2D eigenvalue weighted by Crippen LogP contribution is -2.51. The van der Waals surface area contributed by atoms with Crippen molar-refractivity contribution in [1.29, 1.82) is 0 Å². The lowest BCUT2D eigenvalue weighted by molar-refractivity contribution is -0.0453. The third kappa shape index (κ3) is 5.98. The number of nitrogens with zero attached hydrogens (tertiary/aromatic N) is 2. The molecular weight excluding hydrogens is 451 g/mol. The molecule has 1 aromatic rings. The molecule has 2 unspecified atom stereocenters. The van der Waals surface area contributed by atoms with Crippen LogP contribution >= 0.6 is 35.6 Å². The Morgan fingerprint density at radius 2 is 2.20 bits per heavy atom. The van der Waals surface area contributed by atoms with Crippen molar-refractivity contribution < 1.29 is 4.74 Å². The molecule has 25 heavy (non-hydrogen) atoms. The van der Waals surface area contributed by atoms with Gasteiger partial charge in [0.1, 0.15) is 0 Å². The number of nitrogens with one attached hydrogen (secondary N) is 2. The van der Waals surface area contributed by atoms with E-state index in [1.54, 1.807) is 0 Å². The summed E-state index contributed by atoms with van der Waals surface area (Å²) in [4.78, 5) is 7.20. The molecule has 5 nitrogen and oxygen atoms in total. The zero-order valence-corrected chi connectivity index (χ0v) is 17.8. The Bertz CT molecular complexity index is 572. The van der Waals surface area contributed by atoms with Gasteiger partial charge in [-0.2, -0.15) is 0 Å². The average molecular weight is 479 g/mol. The Morgan fingerprint density at radius 3 is 3.00 bits per heavy atom. The van der Waals surface area contributed by atoms with Gasteiger partial charge in [-0.15, -0.1) is 24.0 Å². The third-order valence-electron chi connectivity index (χ3n) is 4.67. The zero-order valence-electron chi connectivity index (χ0n) is 14.7. The quantitative estimate of drug-likeness (QED) is 0.388. The summed E-state index contributed by atoms with van der Waals surface area (Å²) in [5.41, 5.74) is 1.03. The molecule has 2 atom stereocenters.